The SMILES string of the molecule is C=CC(=O)NCc1ccc(C(=O)N2CCO[C@H](CC)C2)cc1. The number of benzene rings is 1. The molecule has 0 aliphatic carbocycles. The second kappa shape index (κ2) is 7.75. The Bertz CT molecular complexity index is 539. The molecule has 118 valence electrons. The minimum atomic E-state index is -0.209. The number of hydrogen-bond donors (Lipinski definition) is 1. The Labute approximate surface area is 130 Å². The first-order chi connectivity index (χ1) is 10.6. The van der Waals surface area contributed by atoms with Gasteiger partial charge in [0.05, 0.1) is 12.7 Å². The van der Waals surface area contributed by atoms with E-state index in [1.165, 1.54) is 6.08 Å². The molecule has 1 aromatic carbocycles. The second-order valence-corrected chi connectivity index (χ2v) is 5.27. The maximum Gasteiger partial charge on any atom is 0.254 e. The van der Waals surface area contributed by atoms with E-state index < -0.39 is 0 Å². The third-order valence-corrected chi connectivity index (χ3v) is 3.73. The predicted molar refractivity (Wildman–Crippen MR) is 84.4 cm³/mol. The number of ether oxygens (including phenoxy) is 1. The van der Waals surface area contributed by atoms with Crippen LogP contribution in [-0.2, 0) is 16.1 Å². The number of nitrogens with zero attached hydrogens (tertiary/aromatic N) is 1. The first-order valence-electron chi connectivity index (χ1n) is 7.54. The zero-order valence-electron chi connectivity index (χ0n) is 12.9. The monoisotopic (exact) mass is 302 g/mol. The maximum atomic E-state index is 12.5. The highest BCUT2D eigenvalue weighted by Gasteiger charge is 2.23. The number of carbonyl (C=O) groups excluding carboxylic acids is 2. The molecule has 1 N–H and O–H groups in total. The molecule has 0 bridgehead atoms. The Balaban J connectivity index is 1.95. The molecular formula is C17H22N2O3. The van der Waals surface area contributed by atoms with E-state index in [9.17, 15) is 9.59 Å². The molecule has 1 heterocycles. The zero-order valence-corrected chi connectivity index (χ0v) is 12.9. The normalized spacial score (nSPS) is 17.9. The van der Waals surface area contributed by atoms with E-state index in [0.717, 1.165) is 12.0 Å². The van der Waals surface area contributed by atoms with Gasteiger partial charge in [0.25, 0.3) is 5.91 Å². The first kappa shape index (κ1) is 16.2. The molecule has 22 heavy (non-hydrogen) atoms. The molecule has 1 aromatic rings. The topological polar surface area (TPSA) is 58.6 Å². The van der Waals surface area contributed by atoms with Crippen LogP contribution in [0.3, 0.4) is 0 Å². The van der Waals surface area contributed by atoms with Crippen molar-refractivity contribution >= 4 is 11.8 Å². The predicted octanol–water partition coefficient (Wildman–Crippen LogP) is 1.74. The Kier molecular flexibility index (Phi) is 5.72. The summed E-state index contributed by atoms with van der Waals surface area (Å²) in [7, 11) is 0. The van der Waals surface area contributed by atoms with Gasteiger partial charge in [-0.2, -0.15) is 0 Å². The lowest BCUT2D eigenvalue weighted by Crippen LogP contribution is -2.45. The lowest BCUT2D eigenvalue weighted by atomic mass is 10.1. The van der Waals surface area contributed by atoms with Crippen LogP contribution < -0.4 is 5.32 Å². The fourth-order valence-electron chi connectivity index (χ4n) is 2.36. The number of morpholine rings is 1. The Hall–Kier alpha value is -2.14. The van der Waals surface area contributed by atoms with E-state index in [2.05, 4.69) is 18.8 Å². The summed E-state index contributed by atoms with van der Waals surface area (Å²) in [5.41, 5.74) is 1.61. The van der Waals surface area contributed by atoms with Crippen molar-refractivity contribution in [1.82, 2.24) is 10.2 Å². The minimum absolute atomic E-state index is 0.0310. The molecule has 5 nitrogen and oxygen atoms in total. The van der Waals surface area contributed by atoms with E-state index in [1.807, 2.05) is 17.0 Å². The number of hydrogen-bond acceptors (Lipinski definition) is 3. The van der Waals surface area contributed by atoms with Crippen molar-refractivity contribution in [3.8, 4) is 0 Å². The van der Waals surface area contributed by atoms with Crippen LogP contribution in [0.2, 0.25) is 0 Å². The molecule has 1 aliphatic rings. The van der Waals surface area contributed by atoms with Gasteiger partial charge in [-0.1, -0.05) is 25.6 Å². The van der Waals surface area contributed by atoms with Crippen molar-refractivity contribution < 1.29 is 14.3 Å². The quantitative estimate of drug-likeness (QED) is 0.843. The van der Waals surface area contributed by atoms with Gasteiger partial charge in [-0.15, -0.1) is 0 Å². The van der Waals surface area contributed by atoms with Gasteiger partial charge in [0.1, 0.15) is 0 Å². The van der Waals surface area contributed by atoms with Gasteiger partial charge in [-0.3, -0.25) is 9.59 Å². The molecule has 0 saturated carbocycles. The molecule has 2 rings (SSSR count). The molecular weight excluding hydrogens is 280 g/mol. The van der Waals surface area contributed by atoms with Gasteiger partial charge in [-0.05, 0) is 30.2 Å². The van der Waals surface area contributed by atoms with Crippen molar-refractivity contribution in [2.45, 2.75) is 26.0 Å². The van der Waals surface area contributed by atoms with Crippen LogP contribution in [0.1, 0.15) is 29.3 Å². The summed E-state index contributed by atoms with van der Waals surface area (Å²) in [6.07, 6.45) is 2.28. The van der Waals surface area contributed by atoms with Crippen molar-refractivity contribution in [3.63, 3.8) is 0 Å². The first-order valence-corrected chi connectivity index (χ1v) is 7.54. The van der Waals surface area contributed by atoms with E-state index >= 15 is 0 Å². The molecule has 2 amide bonds. The Morgan fingerprint density at radius 2 is 2.14 bits per heavy atom. The number of amides is 2. The summed E-state index contributed by atoms with van der Waals surface area (Å²) >= 11 is 0. The third-order valence-electron chi connectivity index (χ3n) is 3.73. The van der Waals surface area contributed by atoms with E-state index in [-0.39, 0.29) is 17.9 Å². The molecule has 5 heteroatoms. The van der Waals surface area contributed by atoms with E-state index in [0.29, 0.717) is 31.8 Å². The third kappa shape index (κ3) is 4.18. The van der Waals surface area contributed by atoms with E-state index in [1.54, 1.807) is 12.1 Å². The molecule has 0 aromatic heterocycles. The molecule has 1 aliphatic heterocycles. The summed E-state index contributed by atoms with van der Waals surface area (Å²) in [6, 6.07) is 7.31. The summed E-state index contributed by atoms with van der Waals surface area (Å²) in [6.45, 7) is 7.76. The molecule has 0 radical (unpaired) electrons. The van der Waals surface area contributed by atoms with Crippen molar-refractivity contribution in [3.05, 3.63) is 48.0 Å². The highest BCUT2D eigenvalue weighted by atomic mass is 16.5. The van der Waals surface area contributed by atoms with Crippen LogP contribution in [0.15, 0.2) is 36.9 Å². The fraction of sp³-hybridized carbons (Fsp3) is 0.412. The number of nitrogens with one attached hydrogen (secondary N) is 1. The van der Waals surface area contributed by atoms with Crippen LogP contribution >= 0.6 is 0 Å². The molecule has 1 atom stereocenters. The molecule has 1 fully saturated rings. The lowest BCUT2D eigenvalue weighted by Gasteiger charge is -2.32. The highest BCUT2D eigenvalue weighted by molar-refractivity contribution is 5.94. The summed E-state index contributed by atoms with van der Waals surface area (Å²) in [4.78, 5) is 25.4. The van der Waals surface area contributed by atoms with Crippen LogP contribution in [0.5, 0.6) is 0 Å². The van der Waals surface area contributed by atoms with E-state index in [4.69, 9.17) is 4.74 Å². The zero-order chi connectivity index (χ0) is 15.9. The van der Waals surface area contributed by atoms with Crippen LogP contribution in [0, 0.1) is 0 Å². The van der Waals surface area contributed by atoms with Gasteiger partial charge in [0.15, 0.2) is 0 Å². The Morgan fingerprint density at radius 3 is 2.77 bits per heavy atom. The number of rotatable bonds is 5. The number of carbonyl (C=O) groups is 2. The van der Waals surface area contributed by atoms with Crippen LogP contribution in [0.4, 0.5) is 0 Å². The molecule has 0 spiro atoms. The second-order valence-electron chi connectivity index (χ2n) is 5.27. The highest BCUT2D eigenvalue weighted by Crippen LogP contribution is 2.13. The van der Waals surface area contributed by atoms with Gasteiger partial charge in [0.2, 0.25) is 5.91 Å². The van der Waals surface area contributed by atoms with Crippen LogP contribution in [0.25, 0.3) is 0 Å². The summed E-state index contributed by atoms with van der Waals surface area (Å²) < 4.78 is 5.59. The average molecular weight is 302 g/mol. The van der Waals surface area contributed by atoms with Crippen molar-refractivity contribution in [2.75, 3.05) is 19.7 Å². The minimum Gasteiger partial charge on any atom is -0.375 e. The fourth-order valence-corrected chi connectivity index (χ4v) is 2.36. The van der Waals surface area contributed by atoms with Gasteiger partial charge < -0.3 is 15.0 Å². The average Bonchev–Trinajstić information content (AvgIpc) is 2.59. The molecule has 1 saturated heterocycles. The Morgan fingerprint density at radius 1 is 1.41 bits per heavy atom. The summed E-state index contributed by atoms with van der Waals surface area (Å²) in [5, 5.41) is 2.71. The van der Waals surface area contributed by atoms with Crippen molar-refractivity contribution in [2.24, 2.45) is 0 Å². The van der Waals surface area contributed by atoms with Gasteiger partial charge >= 0.3 is 0 Å². The van der Waals surface area contributed by atoms with Crippen molar-refractivity contribution in [1.29, 1.82) is 0 Å². The van der Waals surface area contributed by atoms with Gasteiger partial charge in [0, 0.05) is 25.2 Å². The van der Waals surface area contributed by atoms with Crippen LogP contribution in [-0.4, -0.2) is 42.5 Å². The lowest BCUT2D eigenvalue weighted by molar-refractivity contribution is -0.116. The summed E-state index contributed by atoms with van der Waals surface area (Å²) in [5.74, 6) is -0.178. The standard InChI is InChI=1S/C17H22N2O3/c1-3-15-12-19(9-10-22-15)17(21)14-7-5-13(6-8-14)11-18-16(20)4-2/h4-8,15H,2-3,9-12H2,1H3,(H,18,20)/t15-/m1/s1. The smallest absolute Gasteiger partial charge is 0.254 e. The maximum absolute atomic E-state index is 12.5. The molecule has 0 unspecified atom stereocenters. The van der Waals surface area contributed by atoms with Gasteiger partial charge in [-0.25, -0.2) is 0 Å². The largest absolute Gasteiger partial charge is 0.375 e.